The zero-order chi connectivity index (χ0) is 13.5. The fraction of sp³-hybridized carbons (Fsp3) is 0.538. The second-order valence-electron chi connectivity index (χ2n) is 4.70. The summed E-state index contributed by atoms with van der Waals surface area (Å²) in [5.41, 5.74) is 3.27. The first-order valence-electron chi connectivity index (χ1n) is 6.01. The van der Waals surface area contributed by atoms with Gasteiger partial charge in [-0.1, -0.05) is 31.5 Å². The number of hydrazine groups is 1. The van der Waals surface area contributed by atoms with Crippen LogP contribution in [0.15, 0.2) is 18.2 Å². The van der Waals surface area contributed by atoms with Gasteiger partial charge >= 0.3 is 0 Å². The zero-order valence-corrected chi connectivity index (χ0v) is 12.3. The fourth-order valence-corrected chi connectivity index (χ4v) is 2.93. The molecule has 18 heavy (non-hydrogen) atoms. The average molecular weight is 291 g/mol. The molecule has 0 fully saturated rings. The molecule has 102 valence electrons. The number of halogens is 2. The summed E-state index contributed by atoms with van der Waals surface area (Å²) in [5.74, 6) is 7.80. The summed E-state index contributed by atoms with van der Waals surface area (Å²) in [6.45, 7) is 4.34. The number of thioether (sulfide) groups is 1. The van der Waals surface area contributed by atoms with Gasteiger partial charge in [0, 0.05) is 22.4 Å². The number of benzene rings is 1. The Morgan fingerprint density at radius 2 is 2.11 bits per heavy atom. The molecule has 0 bridgehead atoms. The Hall–Kier alpha value is -0.290. The molecule has 0 aliphatic rings. The molecule has 0 saturated carbocycles. The number of nitrogens with two attached hydrogens (primary N) is 1. The average Bonchev–Trinajstić information content (AvgIpc) is 2.31. The van der Waals surface area contributed by atoms with Gasteiger partial charge in [0.15, 0.2) is 0 Å². The van der Waals surface area contributed by atoms with Crippen LogP contribution >= 0.6 is 23.4 Å². The van der Waals surface area contributed by atoms with Crippen molar-refractivity contribution in [2.24, 2.45) is 11.8 Å². The Labute approximate surface area is 117 Å². The predicted octanol–water partition coefficient (Wildman–Crippen LogP) is 3.24. The minimum atomic E-state index is -0.267. The highest BCUT2D eigenvalue weighted by atomic mass is 35.5. The number of hydrogen-bond donors (Lipinski definition) is 2. The van der Waals surface area contributed by atoms with Crippen LogP contribution in [0, 0.1) is 11.7 Å². The van der Waals surface area contributed by atoms with Crippen LogP contribution in [-0.4, -0.2) is 17.5 Å². The van der Waals surface area contributed by atoms with Gasteiger partial charge in [0.05, 0.1) is 0 Å². The minimum Gasteiger partial charge on any atom is -0.271 e. The Morgan fingerprint density at radius 3 is 2.67 bits per heavy atom. The van der Waals surface area contributed by atoms with E-state index in [0.717, 1.165) is 11.5 Å². The second-order valence-corrected chi connectivity index (χ2v) is 6.18. The van der Waals surface area contributed by atoms with Gasteiger partial charge in [-0.05, 0) is 30.2 Å². The fourth-order valence-electron chi connectivity index (χ4n) is 1.59. The topological polar surface area (TPSA) is 38.0 Å². The molecule has 1 rings (SSSR count). The zero-order valence-electron chi connectivity index (χ0n) is 10.7. The van der Waals surface area contributed by atoms with Crippen LogP contribution in [0.25, 0.3) is 0 Å². The lowest BCUT2D eigenvalue weighted by molar-refractivity contribution is 0.546. The lowest BCUT2D eigenvalue weighted by atomic mass is 10.1. The maximum atomic E-state index is 13.6. The van der Waals surface area contributed by atoms with Crippen molar-refractivity contribution in [2.75, 3.05) is 11.5 Å². The van der Waals surface area contributed by atoms with Crippen LogP contribution in [0.3, 0.4) is 0 Å². The van der Waals surface area contributed by atoms with Crippen molar-refractivity contribution in [1.82, 2.24) is 5.43 Å². The molecule has 3 N–H and O–H groups in total. The van der Waals surface area contributed by atoms with E-state index in [0.29, 0.717) is 22.9 Å². The molecule has 0 heterocycles. The van der Waals surface area contributed by atoms with Gasteiger partial charge in [0.25, 0.3) is 0 Å². The molecule has 1 aromatic carbocycles. The van der Waals surface area contributed by atoms with E-state index in [2.05, 4.69) is 19.3 Å². The van der Waals surface area contributed by atoms with E-state index in [1.54, 1.807) is 12.1 Å². The summed E-state index contributed by atoms with van der Waals surface area (Å²) in [6.07, 6.45) is 0.507. The van der Waals surface area contributed by atoms with Crippen molar-refractivity contribution in [2.45, 2.75) is 26.3 Å². The number of hydrogen-bond acceptors (Lipinski definition) is 3. The van der Waals surface area contributed by atoms with Crippen molar-refractivity contribution < 1.29 is 4.39 Å². The van der Waals surface area contributed by atoms with Gasteiger partial charge in [0.2, 0.25) is 0 Å². The van der Waals surface area contributed by atoms with Gasteiger partial charge < -0.3 is 0 Å². The molecule has 0 radical (unpaired) electrons. The largest absolute Gasteiger partial charge is 0.271 e. The van der Waals surface area contributed by atoms with Crippen LogP contribution in [0.1, 0.15) is 19.4 Å². The summed E-state index contributed by atoms with van der Waals surface area (Å²) in [5, 5.41) is 0.462. The molecule has 1 aromatic rings. The molecular formula is C13H20ClFN2S. The highest BCUT2D eigenvalue weighted by Gasteiger charge is 2.14. The van der Waals surface area contributed by atoms with Crippen LogP contribution in [0.2, 0.25) is 5.02 Å². The molecule has 0 aromatic heterocycles. The molecule has 1 unspecified atom stereocenters. The Kier molecular flexibility index (Phi) is 7.00. The third-order valence-electron chi connectivity index (χ3n) is 2.52. The first-order valence-corrected chi connectivity index (χ1v) is 7.54. The molecule has 0 aliphatic heterocycles. The highest BCUT2D eigenvalue weighted by Crippen LogP contribution is 2.21. The first-order chi connectivity index (χ1) is 8.54. The number of nitrogens with one attached hydrogen (secondary N) is 1. The van der Waals surface area contributed by atoms with Crippen LogP contribution < -0.4 is 11.3 Å². The van der Waals surface area contributed by atoms with Gasteiger partial charge in [-0.3, -0.25) is 11.3 Å². The van der Waals surface area contributed by atoms with Crippen molar-refractivity contribution in [3.63, 3.8) is 0 Å². The molecule has 0 aliphatic carbocycles. The minimum absolute atomic E-state index is 0.0307. The number of rotatable bonds is 7. The lowest BCUT2D eigenvalue weighted by Crippen LogP contribution is -2.39. The van der Waals surface area contributed by atoms with Crippen molar-refractivity contribution in [1.29, 1.82) is 0 Å². The van der Waals surface area contributed by atoms with E-state index in [9.17, 15) is 4.39 Å². The predicted molar refractivity (Wildman–Crippen MR) is 78.4 cm³/mol. The molecule has 0 amide bonds. The van der Waals surface area contributed by atoms with Crippen LogP contribution in [0.5, 0.6) is 0 Å². The van der Waals surface area contributed by atoms with E-state index in [1.165, 1.54) is 6.07 Å². The van der Waals surface area contributed by atoms with E-state index in [4.69, 9.17) is 17.4 Å². The maximum Gasteiger partial charge on any atom is 0.127 e. The molecule has 0 saturated heterocycles. The quantitative estimate of drug-likeness (QED) is 0.598. The van der Waals surface area contributed by atoms with E-state index >= 15 is 0 Å². The standard InChI is InChI=1S/C13H20ClFN2S/c1-9(2)7-18-8-10(17-16)6-11-12(14)4-3-5-13(11)15/h3-5,9-10,17H,6-8,16H2,1-2H3. The maximum absolute atomic E-state index is 13.6. The molecule has 0 spiro atoms. The van der Waals surface area contributed by atoms with Crippen LogP contribution in [-0.2, 0) is 6.42 Å². The summed E-state index contributed by atoms with van der Waals surface area (Å²) in [6, 6.07) is 4.77. The Bertz CT molecular complexity index is 354. The third kappa shape index (κ3) is 5.14. The van der Waals surface area contributed by atoms with Crippen molar-refractivity contribution in [3.05, 3.63) is 34.6 Å². The summed E-state index contributed by atoms with van der Waals surface area (Å²) in [4.78, 5) is 0. The van der Waals surface area contributed by atoms with E-state index in [-0.39, 0.29) is 11.9 Å². The monoisotopic (exact) mass is 290 g/mol. The van der Waals surface area contributed by atoms with Gasteiger partial charge in [-0.2, -0.15) is 11.8 Å². The van der Waals surface area contributed by atoms with E-state index in [1.807, 2.05) is 11.8 Å². The third-order valence-corrected chi connectivity index (χ3v) is 4.41. The molecular weight excluding hydrogens is 271 g/mol. The Balaban J connectivity index is 2.57. The summed E-state index contributed by atoms with van der Waals surface area (Å²) >= 11 is 7.82. The van der Waals surface area contributed by atoms with Crippen LogP contribution in [0.4, 0.5) is 4.39 Å². The van der Waals surface area contributed by atoms with Gasteiger partial charge in [0.1, 0.15) is 5.82 Å². The van der Waals surface area contributed by atoms with E-state index < -0.39 is 0 Å². The molecule has 5 heteroatoms. The smallest absolute Gasteiger partial charge is 0.127 e. The molecule has 2 nitrogen and oxygen atoms in total. The Morgan fingerprint density at radius 1 is 1.39 bits per heavy atom. The van der Waals surface area contributed by atoms with Gasteiger partial charge in [-0.15, -0.1) is 0 Å². The summed E-state index contributed by atoms with van der Waals surface area (Å²) in [7, 11) is 0. The SMILES string of the molecule is CC(C)CSCC(Cc1c(F)cccc1Cl)NN. The van der Waals surface area contributed by atoms with Gasteiger partial charge in [-0.25, -0.2) is 4.39 Å². The second kappa shape index (κ2) is 8.00. The van der Waals surface area contributed by atoms with Crippen molar-refractivity contribution >= 4 is 23.4 Å². The molecule has 1 atom stereocenters. The summed E-state index contributed by atoms with van der Waals surface area (Å²) < 4.78 is 13.6. The van der Waals surface area contributed by atoms with Crippen molar-refractivity contribution in [3.8, 4) is 0 Å². The normalized spacial score (nSPS) is 13.0. The first kappa shape index (κ1) is 15.8. The lowest BCUT2D eigenvalue weighted by Gasteiger charge is -2.17. The highest BCUT2D eigenvalue weighted by molar-refractivity contribution is 7.99.